The summed E-state index contributed by atoms with van der Waals surface area (Å²) in [5, 5.41) is 2.94. The number of likely N-dealkylation sites (tertiary alicyclic amines) is 1. The molecular weight excluding hydrogens is 576 g/mol. The molecule has 0 radical (unpaired) electrons. The van der Waals surface area contributed by atoms with Gasteiger partial charge in [-0.15, -0.1) is 0 Å². The highest BCUT2D eigenvalue weighted by Crippen LogP contribution is 2.47. The lowest BCUT2D eigenvalue weighted by molar-refractivity contribution is -0.136. The Labute approximate surface area is 248 Å². The molecule has 3 unspecified atom stereocenters. The van der Waals surface area contributed by atoms with Crippen LogP contribution in [0.4, 0.5) is 5.69 Å². The van der Waals surface area contributed by atoms with Gasteiger partial charge in [0, 0.05) is 37.1 Å². The standard InChI is InChI=1S/C30H40N4O6S2/c1-41(36,37)34-21-30(26-9-5-6-10-28(26)34)13-15-33(16-14-30)29(35)27(20-40-19-22-7-3-2-4-8-22)32-42(38,39)25-17-23-11-12-24(18-25)31-23/h2-10,23-25,27,31-32H,11-21H2,1H3. The second kappa shape index (κ2) is 11.5. The van der Waals surface area contributed by atoms with Gasteiger partial charge in [-0.05, 0) is 55.7 Å². The van der Waals surface area contributed by atoms with Crippen LogP contribution < -0.4 is 14.3 Å². The summed E-state index contributed by atoms with van der Waals surface area (Å²) < 4.78 is 62.4. The van der Waals surface area contributed by atoms with Crippen molar-refractivity contribution in [3.63, 3.8) is 0 Å². The third-order valence-corrected chi connectivity index (χ3v) is 12.5. The van der Waals surface area contributed by atoms with E-state index in [1.54, 1.807) is 4.90 Å². The summed E-state index contributed by atoms with van der Waals surface area (Å²) in [6.45, 7) is 1.35. The maximum Gasteiger partial charge on any atom is 0.243 e. The average Bonchev–Trinajstić information content (AvgIpc) is 3.49. The number of anilines is 1. The smallest absolute Gasteiger partial charge is 0.243 e. The molecule has 12 heteroatoms. The highest BCUT2D eigenvalue weighted by Gasteiger charge is 2.48. The van der Waals surface area contributed by atoms with Crippen LogP contribution in [0.3, 0.4) is 0 Å². The van der Waals surface area contributed by atoms with E-state index in [9.17, 15) is 21.6 Å². The molecule has 228 valence electrons. The fourth-order valence-electron chi connectivity index (χ4n) is 7.26. The first-order chi connectivity index (χ1) is 20.0. The minimum Gasteiger partial charge on any atom is -0.375 e. The van der Waals surface area contributed by atoms with Gasteiger partial charge in [-0.1, -0.05) is 48.5 Å². The Morgan fingerprint density at radius 3 is 2.31 bits per heavy atom. The van der Waals surface area contributed by atoms with E-state index >= 15 is 0 Å². The molecule has 2 bridgehead atoms. The van der Waals surface area contributed by atoms with E-state index < -0.39 is 31.3 Å². The lowest BCUT2D eigenvalue weighted by Crippen LogP contribution is -2.57. The van der Waals surface area contributed by atoms with Gasteiger partial charge in [0.2, 0.25) is 26.0 Å². The SMILES string of the molecule is CS(=O)(=O)N1CC2(CCN(C(=O)C(COCc3ccccc3)NS(=O)(=O)C3CC4CCC(C3)N4)CC2)c2ccccc21. The van der Waals surface area contributed by atoms with Gasteiger partial charge >= 0.3 is 0 Å². The van der Waals surface area contributed by atoms with Gasteiger partial charge in [0.15, 0.2) is 0 Å². The topological polar surface area (TPSA) is 125 Å². The molecule has 4 heterocycles. The number of carbonyl (C=O) groups is 1. The Kier molecular flexibility index (Phi) is 8.12. The second-order valence-corrected chi connectivity index (χ2v) is 16.2. The van der Waals surface area contributed by atoms with Crippen molar-refractivity contribution in [2.45, 2.75) is 73.9 Å². The van der Waals surface area contributed by atoms with Crippen LogP contribution in [0.2, 0.25) is 0 Å². The minimum absolute atomic E-state index is 0.0723. The zero-order valence-electron chi connectivity index (χ0n) is 23.9. The summed E-state index contributed by atoms with van der Waals surface area (Å²) in [6, 6.07) is 16.5. The van der Waals surface area contributed by atoms with Gasteiger partial charge in [0.25, 0.3) is 0 Å². The van der Waals surface area contributed by atoms with Gasteiger partial charge in [0.05, 0.1) is 30.4 Å². The number of fused-ring (bicyclic) bond motifs is 4. The summed E-state index contributed by atoms with van der Waals surface area (Å²) in [6.07, 6.45) is 5.44. The molecule has 2 aromatic rings. The first-order valence-corrected chi connectivity index (χ1v) is 18.2. The largest absolute Gasteiger partial charge is 0.375 e. The number of nitrogens with zero attached hydrogens (tertiary/aromatic N) is 2. The number of amides is 1. The van der Waals surface area contributed by atoms with Crippen molar-refractivity contribution < 1.29 is 26.4 Å². The lowest BCUT2D eigenvalue weighted by Gasteiger charge is -2.41. The van der Waals surface area contributed by atoms with Crippen molar-refractivity contribution in [3.8, 4) is 0 Å². The van der Waals surface area contributed by atoms with Gasteiger partial charge in [-0.2, -0.15) is 0 Å². The van der Waals surface area contributed by atoms with Crippen LogP contribution in [-0.4, -0.2) is 83.5 Å². The fraction of sp³-hybridized carbons (Fsp3) is 0.567. The zero-order chi connectivity index (χ0) is 29.5. The van der Waals surface area contributed by atoms with Gasteiger partial charge in [0.1, 0.15) is 6.04 Å². The first kappa shape index (κ1) is 29.6. The first-order valence-electron chi connectivity index (χ1n) is 14.8. The van der Waals surface area contributed by atoms with Crippen molar-refractivity contribution in [1.82, 2.24) is 14.9 Å². The molecule has 6 rings (SSSR count). The van der Waals surface area contributed by atoms with E-state index in [0.29, 0.717) is 51.0 Å². The summed E-state index contributed by atoms with van der Waals surface area (Å²) in [5.41, 5.74) is 2.25. The fourth-order valence-corrected chi connectivity index (χ4v) is 9.99. The number of para-hydroxylation sites is 1. The Hall–Kier alpha value is -2.51. The molecule has 10 nitrogen and oxygen atoms in total. The number of nitrogens with one attached hydrogen (secondary N) is 2. The summed E-state index contributed by atoms with van der Waals surface area (Å²) in [7, 11) is -7.21. The lowest BCUT2D eigenvalue weighted by atomic mass is 9.74. The van der Waals surface area contributed by atoms with Crippen molar-refractivity contribution >= 4 is 31.6 Å². The Balaban J connectivity index is 1.17. The molecule has 1 amide bonds. The number of piperidine rings is 2. The maximum absolute atomic E-state index is 13.9. The van der Waals surface area contributed by atoms with Crippen LogP contribution >= 0.6 is 0 Å². The summed E-state index contributed by atoms with van der Waals surface area (Å²) in [4.78, 5) is 15.6. The van der Waals surface area contributed by atoms with Crippen LogP contribution in [-0.2, 0) is 41.6 Å². The molecule has 3 saturated heterocycles. The Morgan fingerprint density at radius 2 is 1.64 bits per heavy atom. The van der Waals surface area contributed by atoms with E-state index in [1.165, 1.54) is 10.6 Å². The highest BCUT2D eigenvalue weighted by molar-refractivity contribution is 7.92. The number of hydrogen-bond acceptors (Lipinski definition) is 7. The van der Waals surface area contributed by atoms with Crippen LogP contribution in [0.15, 0.2) is 54.6 Å². The predicted octanol–water partition coefficient (Wildman–Crippen LogP) is 2.11. The molecule has 3 atom stereocenters. The van der Waals surface area contributed by atoms with E-state index in [-0.39, 0.29) is 36.6 Å². The van der Waals surface area contributed by atoms with Crippen LogP contribution in [0.5, 0.6) is 0 Å². The average molecular weight is 617 g/mol. The Bertz CT molecular complexity index is 1500. The normalized spacial score (nSPS) is 25.9. The Morgan fingerprint density at radius 1 is 1.00 bits per heavy atom. The van der Waals surface area contributed by atoms with Gasteiger partial charge in [-0.3, -0.25) is 9.10 Å². The van der Waals surface area contributed by atoms with E-state index in [4.69, 9.17) is 4.74 Å². The molecule has 4 aliphatic rings. The molecule has 42 heavy (non-hydrogen) atoms. The molecular formula is C30H40N4O6S2. The van der Waals surface area contributed by atoms with Gasteiger partial charge in [-0.25, -0.2) is 21.6 Å². The van der Waals surface area contributed by atoms with Gasteiger partial charge < -0.3 is 15.0 Å². The van der Waals surface area contributed by atoms with E-state index in [2.05, 4.69) is 10.0 Å². The molecule has 0 aliphatic carbocycles. The monoisotopic (exact) mass is 616 g/mol. The van der Waals surface area contributed by atoms with E-state index in [1.807, 2.05) is 54.6 Å². The molecule has 0 aromatic heterocycles. The zero-order valence-corrected chi connectivity index (χ0v) is 25.6. The predicted molar refractivity (Wildman–Crippen MR) is 161 cm³/mol. The van der Waals surface area contributed by atoms with Crippen molar-refractivity contribution in [3.05, 3.63) is 65.7 Å². The third kappa shape index (κ3) is 5.96. The molecule has 3 fully saturated rings. The number of rotatable bonds is 9. The van der Waals surface area contributed by atoms with Crippen molar-refractivity contribution in [2.24, 2.45) is 0 Å². The molecule has 2 N–H and O–H groups in total. The summed E-state index contributed by atoms with van der Waals surface area (Å²) in [5.74, 6) is -0.301. The third-order valence-electron chi connectivity index (χ3n) is 9.49. The molecule has 0 saturated carbocycles. The van der Waals surface area contributed by atoms with E-state index in [0.717, 1.165) is 24.0 Å². The number of sulfonamides is 2. The molecule has 2 aromatic carbocycles. The van der Waals surface area contributed by atoms with Crippen LogP contribution in [0, 0.1) is 0 Å². The molecule has 4 aliphatic heterocycles. The molecule has 1 spiro atoms. The second-order valence-electron chi connectivity index (χ2n) is 12.3. The quantitative estimate of drug-likeness (QED) is 0.442. The minimum atomic E-state index is -3.76. The number of hydrogen-bond donors (Lipinski definition) is 2. The maximum atomic E-state index is 13.9. The van der Waals surface area contributed by atoms with Crippen molar-refractivity contribution in [2.75, 3.05) is 36.8 Å². The highest BCUT2D eigenvalue weighted by atomic mass is 32.2. The number of ether oxygens (including phenoxy) is 1. The number of benzene rings is 2. The number of carbonyl (C=O) groups excluding carboxylic acids is 1. The van der Waals surface area contributed by atoms with Crippen LogP contribution in [0.1, 0.15) is 49.7 Å². The summed E-state index contributed by atoms with van der Waals surface area (Å²) >= 11 is 0. The van der Waals surface area contributed by atoms with Crippen LogP contribution in [0.25, 0.3) is 0 Å². The van der Waals surface area contributed by atoms with Crippen molar-refractivity contribution in [1.29, 1.82) is 0 Å².